The summed E-state index contributed by atoms with van der Waals surface area (Å²) in [6.07, 6.45) is 4.12. The van der Waals surface area contributed by atoms with Crippen LogP contribution in [-0.2, 0) is 4.79 Å². The van der Waals surface area contributed by atoms with Crippen molar-refractivity contribution in [3.63, 3.8) is 0 Å². The molecule has 2 atom stereocenters. The average Bonchev–Trinajstić information content (AvgIpc) is 3.02. The van der Waals surface area contributed by atoms with Gasteiger partial charge in [0.25, 0.3) is 0 Å². The fourth-order valence-electron chi connectivity index (χ4n) is 3.25. The van der Waals surface area contributed by atoms with E-state index >= 15 is 0 Å². The first-order chi connectivity index (χ1) is 10.1. The molecule has 1 saturated carbocycles. The van der Waals surface area contributed by atoms with E-state index in [1.54, 1.807) is 6.07 Å². The quantitative estimate of drug-likeness (QED) is 0.751. The molecule has 112 valence electrons. The van der Waals surface area contributed by atoms with E-state index in [2.05, 4.69) is 11.9 Å². The Hall–Kier alpha value is -1.46. The van der Waals surface area contributed by atoms with Gasteiger partial charge in [0.1, 0.15) is 11.4 Å². The molecule has 0 N–H and O–H groups in total. The molecule has 0 bridgehead atoms. The van der Waals surface area contributed by atoms with E-state index in [9.17, 15) is 9.59 Å². The lowest BCUT2D eigenvalue weighted by Gasteiger charge is -2.28. The van der Waals surface area contributed by atoms with Crippen LogP contribution in [0, 0.1) is 5.92 Å². The predicted molar refractivity (Wildman–Crippen MR) is 83.7 cm³/mol. The summed E-state index contributed by atoms with van der Waals surface area (Å²) in [5, 5.41) is 0. The number of carbonyl (C=O) groups excluding carboxylic acids is 1. The minimum Gasteiger partial charge on any atom is -0.414 e. The second-order valence-corrected chi connectivity index (χ2v) is 6.76. The molecule has 0 amide bonds. The summed E-state index contributed by atoms with van der Waals surface area (Å²) in [5.41, 5.74) is 0.678. The zero-order valence-electron chi connectivity index (χ0n) is 12.1. The molecule has 1 aromatic carbocycles. The molecule has 2 aromatic rings. The third-order valence-electron chi connectivity index (χ3n) is 4.43. The van der Waals surface area contributed by atoms with Gasteiger partial charge in [-0.1, -0.05) is 23.5 Å². The zero-order valence-corrected chi connectivity index (χ0v) is 12.9. The first-order valence-corrected chi connectivity index (χ1v) is 8.16. The van der Waals surface area contributed by atoms with E-state index in [-0.39, 0.29) is 4.94 Å². The number of likely N-dealkylation sites (tertiary alicyclic amines) is 1. The molecule has 0 radical (unpaired) electrons. The lowest BCUT2D eigenvalue weighted by Crippen LogP contribution is -2.35. The first-order valence-electron chi connectivity index (χ1n) is 7.34. The van der Waals surface area contributed by atoms with Gasteiger partial charge >= 0.3 is 4.94 Å². The Morgan fingerprint density at radius 3 is 2.86 bits per heavy atom. The Bertz CT molecular complexity index is 654. The lowest BCUT2D eigenvalue weighted by atomic mass is 9.84. The minimum absolute atomic E-state index is 0.235. The zero-order chi connectivity index (χ0) is 14.8. The first kappa shape index (κ1) is 14.5. The molecule has 4 rings (SSSR count). The fourth-order valence-corrected chi connectivity index (χ4v) is 3.92. The normalized spacial score (nSPS) is 25.5. The minimum atomic E-state index is -0.235. The fraction of sp³-hybridized carbons (Fsp3) is 0.500. The number of benzene rings is 1. The van der Waals surface area contributed by atoms with Crippen molar-refractivity contribution in [2.24, 2.45) is 5.92 Å². The largest absolute Gasteiger partial charge is 0.414 e. The van der Waals surface area contributed by atoms with E-state index in [4.69, 9.17) is 4.42 Å². The van der Waals surface area contributed by atoms with Crippen LogP contribution in [0.5, 0.6) is 0 Å². The average molecular weight is 305 g/mol. The number of para-hydroxylation sites is 1. The van der Waals surface area contributed by atoms with E-state index in [0.717, 1.165) is 41.2 Å². The van der Waals surface area contributed by atoms with Crippen LogP contribution in [0.25, 0.3) is 10.3 Å². The van der Waals surface area contributed by atoms with Crippen LogP contribution in [0.1, 0.15) is 25.7 Å². The van der Waals surface area contributed by atoms with Crippen molar-refractivity contribution in [3.8, 4) is 0 Å². The van der Waals surface area contributed by atoms with Gasteiger partial charge in [-0.25, -0.2) is 4.79 Å². The van der Waals surface area contributed by atoms with Crippen molar-refractivity contribution in [1.29, 1.82) is 0 Å². The third-order valence-corrected chi connectivity index (χ3v) is 5.24. The maximum atomic E-state index is 11.1. The van der Waals surface area contributed by atoms with E-state index in [1.165, 1.54) is 13.0 Å². The molecule has 2 heterocycles. The molecule has 4 nitrogen and oxygen atoms in total. The molecule has 5 heteroatoms. The van der Waals surface area contributed by atoms with Gasteiger partial charge in [-0.2, -0.15) is 0 Å². The van der Waals surface area contributed by atoms with Crippen molar-refractivity contribution in [2.75, 3.05) is 13.6 Å². The number of Topliss-reactive ketones (excluding diaryl/α,β-unsaturated/α-hetero) is 1. The Morgan fingerprint density at radius 1 is 1.24 bits per heavy atom. The Balaban J connectivity index is 0.000000126. The molecule has 1 aliphatic carbocycles. The van der Waals surface area contributed by atoms with Crippen LogP contribution in [0.2, 0.25) is 0 Å². The Morgan fingerprint density at radius 2 is 2.05 bits per heavy atom. The highest BCUT2D eigenvalue weighted by molar-refractivity contribution is 7.16. The molecule has 1 saturated heterocycles. The van der Waals surface area contributed by atoms with Gasteiger partial charge in [0.05, 0.1) is 4.70 Å². The highest BCUT2D eigenvalue weighted by Gasteiger charge is 2.36. The van der Waals surface area contributed by atoms with E-state index in [0.29, 0.717) is 17.4 Å². The molecule has 1 aromatic heterocycles. The smallest absolute Gasteiger partial charge is 0.396 e. The molecular weight excluding hydrogens is 286 g/mol. The van der Waals surface area contributed by atoms with Crippen LogP contribution < -0.4 is 4.94 Å². The van der Waals surface area contributed by atoms with Gasteiger partial charge in [-0.05, 0) is 44.5 Å². The van der Waals surface area contributed by atoms with Crippen LogP contribution >= 0.6 is 11.3 Å². The van der Waals surface area contributed by atoms with Gasteiger partial charge in [-0.15, -0.1) is 0 Å². The predicted octanol–water partition coefficient (Wildman–Crippen LogP) is 2.91. The van der Waals surface area contributed by atoms with Crippen LogP contribution in [0.15, 0.2) is 33.5 Å². The van der Waals surface area contributed by atoms with Gasteiger partial charge in [0.15, 0.2) is 0 Å². The number of rotatable bonds is 0. The van der Waals surface area contributed by atoms with Gasteiger partial charge in [0, 0.05) is 18.9 Å². The number of fused-ring (bicyclic) bond motifs is 2. The Kier molecular flexibility index (Phi) is 4.22. The van der Waals surface area contributed by atoms with Crippen LogP contribution in [0.4, 0.5) is 0 Å². The monoisotopic (exact) mass is 305 g/mol. The lowest BCUT2D eigenvalue weighted by molar-refractivity contribution is -0.122. The van der Waals surface area contributed by atoms with Crippen LogP contribution in [0.3, 0.4) is 0 Å². The second-order valence-electron chi connectivity index (χ2n) is 5.78. The number of carbonyl (C=O) groups is 1. The summed E-state index contributed by atoms with van der Waals surface area (Å²) >= 11 is 1.13. The molecule has 2 fully saturated rings. The SMILES string of the molecule is CN1CCC2CCC(=O)CC21.O=c1oc2ccccc2s1. The van der Waals surface area contributed by atoms with Crippen molar-refractivity contribution >= 4 is 27.4 Å². The number of hydrogen-bond acceptors (Lipinski definition) is 5. The molecule has 0 spiro atoms. The van der Waals surface area contributed by atoms with Gasteiger partial charge < -0.3 is 9.32 Å². The van der Waals surface area contributed by atoms with Crippen molar-refractivity contribution in [2.45, 2.75) is 31.7 Å². The second kappa shape index (κ2) is 6.12. The van der Waals surface area contributed by atoms with Crippen molar-refractivity contribution in [1.82, 2.24) is 4.90 Å². The maximum Gasteiger partial charge on any atom is 0.396 e. The van der Waals surface area contributed by atoms with Gasteiger partial charge in [-0.3, -0.25) is 4.79 Å². The topological polar surface area (TPSA) is 50.5 Å². The molecule has 21 heavy (non-hydrogen) atoms. The summed E-state index contributed by atoms with van der Waals surface area (Å²) in [5.74, 6) is 1.30. The highest BCUT2D eigenvalue weighted by Crippen LogP contribution is 2.33. The van der Waals surface area contributed by atoms with Crippen molar-refractivity contribution < 1.29 is 9.21 Å². The standard InChI is InChI=1S/C9H15NO.C7H4O2S/c1-10-5-4-7-2-3-8(11)6-9(7)10;8-7-9-5-3-1-2-4-6(5)10-7/h7,9H,2-6H2,1H3;1-4H. The summed E-state index contributed by atoms with van der Waals surface area (Å²) < 4.78 is 5.74. The Labute approximate surface area is 127 Å². The summed E-state index contributed by atoms with van der Waals surface area (Å²) in [6, 6.07) is 7.97. The van der Waals surface area contributed by atoms with Gasteiger partial charge in [0.2, 0.25) is 0 Å². The molecule has 1 aliphatic heterocycles. The summed E-state index contributed by atoms with van der Waals surface area (Å²) in [4.78, 5) is 23.9. The molecular formula is C16H19NO3S. The molecule has 2 unspecified atom stereocenters. The third kappa shape index (κ3) is 3.24. The van der Waals surface area contributed by atoms with Crippen LogP contribution in [-0.4, -0.2) is 30.3 Å². The maximum absolute atomic E-state index is 11.1. The van der Waals surface area contributed by atoms with Crippen molar-refractivity contribution in [3.05, 3.63) is 34.0 Å². The van der Waals surface area contributed by atoms with E-state index in [1.807, 2.05) is 18.2 Å². The number of nitrogens with zero attached hydrogens (tertiary/aromatic N) is 1. The number of hydrogen-bond donors (Lipinski definition) is 0. The summed E-state index contributed by atoms with van der Waals surface area (Å²) in [6.45, 7) is 1.20. The highest BCUT2D eigenvalue weighted by atomic mass is 32.1. The molecule has 2 aliphatic rings. The number of ketones is 1. The summed E-state index contributed by atoms with van der Waals surface area (Å²) in [7, 11) is 2.14. The van der Waals surface area contributed by atoms with E-state index < -0.39 is 0 Å².